The maximum atomic E-state index is 13.4. The number of rotatable bonds is 2. The SMILES string of the molecule is N#CCn1cc(C(=O)O)c2ccnc(F)c21. The number of nitriles is 1. The van der Waals surface area contributed by atoms with Gasteiger partial charge in [0, 0.05) is 17.8 Å². The second-order valence-corrected chi connectivity index (χ2v) is 3.13. The average molecular weight is 219 g/mol. The molecule has 0 saturated heterocycles. The van der Waals surface area contributed by atoms with E-state index in [0.717, 1.165) is 0 Å². The molecule has 16 heavy (non-hydrogen) atoms. The van der Waals surface area contributed by atoms with Crippen LogP contribution in [-0.2, 0) is 6.54 Å². The highest BCUT2D eigenvalue weighted by Gasteiger charge is 2.17. The maximum absolute atomic E-state index is 13.4. The molecule has 0 unspecified atom stereocenters. The number of carboxylic acids is 1. The molecule has 1 N–H and O–H groups in total. The number of carbonyl (C=O) groups is 1. The van der Waals surface area contributed by atoms with E-state index >= 15 is 0 Å². The summed E-state index contributed by atoms with van der Waals surface area (Å²) in [5.74, 6) is -1.94. The summed E-state index contributed by atoms with van der Waals surface area (Å²) in [5, 5.41) is 17.7. The number of halogens is 1. The molecule has 2 aromatic rings. The molecule has 0 fully saturated rings. The number of aromatic carboxylic acids is 1. The molecule has 2 heterocycles. The highest BCUT2D eigenvalue weighted by molar-refractivity contribution is 6.03. The fraction of sp³-hybridized carbons (Fsp3) is 0.100. The fourth-order valence-corrected chi connectivity index (χ4v) is 1.58. The van der Waals surface area contributed by atoms with Crippen LogP contribution in [0.3, 0.4) is 0 Å². The second kappa shape index (κ2) is 3.62. The van der Waals surface area contributed by atoms with Gasteiger partial charge in [0.1, 0.15) is 12.1 Å². The molecule has 0 atom stereocenters. The fourth-order valence-electron chi connectivity index (χ4n) is 1.58. The van der Waals surface area contributed by atoms with Crippen molar-refractivity contribution in [2.75, 3.05) is 0 Å². The van der Waals surface area contributed by atoms with Gasteiger partial charge in [-0.25, -0.2) is 9.78 Å². The molecule has 0 aliphatic heterocycles. The monoisotopic (exact) mass is 219 g/mol. The lowest BCUT2D eigenvalue weighted by atomic mass is 10.2. The molecule has 2 rings (SSSR count). The van der Waals surface area contributed by atoms with Crippen LogP contribution in [0.1, 0.15) is 10.4 Å². The lowest BCUT2D eigenvalue weighted by Crippen LogP contribution is -1.96. The minimum atomic E-state index is -1.16. The second-order valence-electron chi connectivity index (χ2n) is 3.13. The number of carboxylic acid groups (broad SMARTS) is 1. The van der Waals surface area contributed by atoms with Crippen LogP contribution in [0.5, 0.6) is 0 Å². The Balaban J connectivity index is 2.83. The lowest BCUT2D eigenvalue weighted by Gasteiger charge is -1.98. The summed E-state index contributed by atoms with van der Waals surface area (Å²) in [7, 11) is 0. The van der Waals surface area contributed by atoms with Gasteiger partial charge >= 0.3 is 5.97 Å². The number of hydrogen-bond donors (Lipinski definition) is 1. The molecular weight excluding hydrogens is 213 g/mol. The summed E-state index contributed by atoms with van der Waals surface area (Å²) in [6, 6.07) is 3.24. The van der Waals surface area contributed by atoms with E-state index in [2.05, 4.69) is 4.98 Å². The Morgan fingerprint density at radius 1 is 1.69 bits per heavy atom. The summed E-state index contributed by atoms with van der Waals surface area (Å²) in [5.41, 5.74) is 0.00741. The summed E-state index contributed by atoms with van der Waals surface area (Å²) < 4.78 is 14.6. The van der Waals surface area contributed by atoms with Gasteiger partial charge < -0.3 is 9.67 Å². The molecule has 80 valence electrons. The van der Waals surface area contributed by atoms with Crippen molar-refractivity contribution in [3.05, 3.63) is 30.0 Å². The largest absolute Gasteiger partial charge is 0.478 e. The highest BCUT2D eigenvalue weighted by Crippen LogP contribution is 2.22. The first-order valence-electron chi connectivity index (χ1n) is 4.38. The third-order valence-electron chi connectivity index (χ3n) is 2.21. The van der Waals surface area contributed by atoms with Crippen molar-refractivity contribution in [2.24, 2.45) is 0 Å². The molecule has 5 nitrogen and oxygen atoms in total. The molecule has 0 bridgehead atoms. The Kier molecular flexibility index (Phi) is 2.29. The van der Waals surface area contributed by atoms with Crippen molar-refractivity contribution in [1.82, 2.24) is 9.55 Å². The van der Waals surface area contributed by atoms with Crippen LogP contribution in [0.2, 0.25) is 0 Å². The molecule has 0 radical (unpaired) electrons. The van der Waals surface area contributed by atoms with Gasteiger partial charge in [0.05, 0.1) is 11.6 Å². The molecule has 0 amide bonds. The highest BCUT2D eigenvalue weighted by atomic mass is 19.1. The summed E-state index contributed by atoms with van der Waals surface area (Å²) in [6.45, 7) is -0.119. The Morgan fingerprint density at radius 2 is 2.44 bits per heavy atom. The molecule has 0 spiro atoms. The maximum Gasteiger partial charge on any atom is 0.337 e. The van der Waals surface area contributed by atoms with E-state index < -0.39 is 11.9 Å². The van der Waals surface area contributed by atoms with E-state index in [1.165, 1.54) is 23.0 Å². The van der Waals surface area contributed by atoms with E-state index in [-0.39, 0.29) is 23.0 Å². The van der Waals surface area contributed by atoms with Gasteiger partial charge in [-0.2, -0.15) is 9.65 Å². The normalized spacial score (nSPS) is 10.2. The van der Waals surface area contributed by atoms with E-state index in [1.807, 2.05) is 6.07 Å². The van der Waals surface area contributed by atoms with Crippen molar-refractivity contribution >= 4 is 16.9 Å². The molecular formula is C10H6FN3O2. The lowest BCUT2D eigenvalue weighted by molar-refractivity contribution is 0.0699. The minimum Gasteiger partial charge on any atom is -0.478 e. The zero-order valence-corrected chi connectivity index (χ0v) is 8.01. The number of aromatic nitrogens is 2. The third-order valence-corrected chi connectivity index (χ3v) is 2.21. The smallest absolute Gasteiger partial charge is 0.337 e. The quantitative estimate of drug-likeness (QED) is 0.774. The molecule has 6 heteroatoms. The summed E-state index contributed by atoms with van der Waals surface area (Å²) >= 11 is 0. The minimum absolute atomic E-state index is 0.0356. The van der Waals surface area contributed by atoms with Crippen molar-refractivity contribution in [2.45, 2.75) is 6.54 Å². The topological polar surface area (TPSA) is 78.9 Å². The van der Waals surface area contributed by atoms with E-state index in [1.54, 1.807) is 0 Å². The van der Waals surface area contributed by atoms with Crippen LogP contribution in [0.15, 0.2) is 18.5 Å². The Hall–Kier alpha value is -2.42. The van der Waals surface area contributed by atoms with Crippen LogP contribution in [0, 0.1) is 17.3 Å². The first-order chi connectivity index (χ1) is 7.65. The van der Waals surface area contributed by atoms with Gasteiger partial charge in [0.15, 0.2) is 0 Å². The Labute approximate surface area is 89.4 Å². The first kappa shape index (κ1) is 10.1. The van der Waals surface area contributed by atoms with Crippen LogP contribution < -0.4 is 0 Å². The number of pyridine rings is 1. The van der Waals surface area contributed by atoms with Crippen LogP contribution in [0.4, 0.5) is 4.39 Å². The van der Waals surface area contributed by atoms with Crippen LogP contribution >= 0.6 is 0 Å². The number of fused-ring (bicyclic) bond motifs is 1. The van der Waals surface area contributed by atoms with Crippen molar-refractivity contribution in [3.63, 3.8) is 0 Å². The Bertz CT molecular complexity index is 612. The summed E-state index contributed by atoms with van der Waals surface area (Å²) in [4.78, 5) is 14.3. The van der Waals surface area contributed by atoms with Gasteiger partial charge in [-0.1, -0.05) is 0 Å². The third kappa shape index (κ3) is 1.39. The van der Waals surface area contributed by atoms with Gasteiger partial charge in [-0.3, -0.25) is 0 Å². The molecule has 0 aliphatic carbocycles. The summed E-state index contributed by atoms with van der Waals surface area (Å²) in [6.07, 6.45) is 2.43. The molecule has 2 aromatic heterocycles. The van der Waals surface area contributed by atoms with Gasteiger partial charge in [-0.05, 0) is 6.07 Å². The number of hydrogen-bond acceptors (Lipinski definition) is 3. The van der Waals surface area contributed by atoms with Gasteiger partial charge in [-0.15, -0.1) is 0 Å². The molecule has 0 aromatic carbocycles. The van der Waals surface area contributed by atoms with Crippen LogP contribution in [0.25, 0.3) is 10.9 Å². The number of nitrogens with zero attached hydrogens (tertiary/aromatic N) is 3. The zero-order valence-electron chi connectivity index (χ0n) is 8.01. The van der Waals surface area contributed by atoms with E-state index in [0.29, 0.717) is 0 Å². The van der Waals surface area contributed by atoms with Crippen LogP contribution in [-0.4, -0.2) is 20.6 Å². The van der Waals surface area contributed by atoms with E-state index in [9.17, 15) is 9.18 Å². The molecule has 0 saturated carbocycles. The predicted molar refractivity (Wildman–Crippen MR) is 52.3 cm³/mol. The van der Waals surface area contributed by atoms with Gasteiger partial charge in [0.25, 0.3) is 0 Å². The van der Waals surface area contributed by atoms with E-state index in [4.69, 9.17) is 10.4 Å². The first-order valence-corrected chi connectivity index (χ1v) is 4.38. The van der Waals surface area contributed by atoms with Crippen molar-refractivity contribution < 1.29 is 14.3 Å². The van der Waals surface area contributed by atoms with Crippen molar-refractivity contribution in [1.29, 1.82) is 5.26 Å². The zero-order chi connectivity index (χ0) is 11.7. The Morgan fingerprint density at radius 3 is 3.06 bits per heavy atom. The standard InChI is InChI=1S/C10H6FN3O2/c11-9-8-6(1-3-13-9)7(10(15)16)5-14(8)4-2-12/h1,3,5H,4H2,(H,15,16). The van der Waals surface area contributed by atoms with Crippen molar-refractivity contribution in [3.8, 4) is 6.07 Å². The molecule has 0 aliphatic rings. The predicted octanol–water partition coefficient (Wildman–Crippen LogP) is 1.40. The average Bonchev–Trinajstić information content (AvgIpc) is 2.59. The van der Waals surface area contributed by atoms with Gasteiger partial charge in [0.2, 0.25) is 5.95 Å².